The lowest BCUT2D eigenvalue weighted by Gasteiger charge is -2.03. The Bertz CT molecular complexity index is 154. The monoisotopic (exact) mass is 224 g/mol. The number of hydrogen-bond acceptors (Lipinski definition) is 6. The summed E-state index contributed by atoms with van der Waals surface area (Å²) in [6.45, 7) is 0.389. The number of hydrogen-bond donors (Lipinski definition) is 2. The second kappa shape index (κ2) is 8.40. The SMILES string of the molecule is O=C(CS)COCCOC(=O)CS. The topological polar surface area (TPSA) is 52.6 Å². The van der Waals surface area contributed by atoms with Crippen molar-refractivity contribution in [1.82, 2.24) is 0 Å². The molecule has 0 aliphatic rings. The van der Waals surface area contributed by atoms with Crippen LogP contribution in [0.25, 0.3) is 0 Å². The third-order valence-electron chi connectivity index (χ3n) is 1.06. The standard InChI is InChI=1S/C7H12O4S2/c8-6(4-12)3-10-1-2-11-7(9)5-13/h12-13H,1-5H2. The molecule has 0 unspecified atom stereocenters. The lowest BCUT2D eigenvalue weighted by atomic mass is 10.5. The molecule has 6 heteroatoms. The first-order chi connectivity index (χ1) is 6.20. The minimum absolute atomic E-state index is 0.0158. The number of Topliss-reactive ketones (excluding diaryl/α,β-unsaturated/α-hetero) is 1. The Morgan fingerprint density at radius 2 is 1.77 bits per heavy atom. The van der Waals surface area contributed by atoms with Crippen LogP contribution in [0.1, 0.15) is 0 Å². The molecule has 0 heterocycles. The fourth-order valence-corrected chi connectivity index (χ4v) is 0.674. The summed E-state index contributed by atoms with van der Waals surface area (Å²) in [4.78, 5) is 21.2. The Hall–Kier alpha value is -0.200. The van der Waals surface area contributed by atoms with Crippen LogP contribution in [0, 0.1) is 0 Å². The van der Waals surface area contributed by atoms with Crippen LogP contribution in [0.4, 0.5) is 0 Å². The van der Waals surface area contributed by atoms with Gasteiger partial charge in [0.2, 0.25) is 0 Å². The summed E-state index contributed by atoms with van der Waals surface area (Å²) in [6.07, 6.45) is 0. The van der Waals surface area contributed by atoms with Crippen molar-refractivity contribution in [3.8, 4) is 0 Å². The normalized spacial score (nSPS) is 9.69. The summed E-state index contributed by atoms with van der Waals surface area (Å²) in [5.41, 5.74) is 0. The lowest BCUT2D eigenvalue weighted by Crippen LogP contribution is -2.15. The van der Waals surface area contributed by atoms with E-state index in [0.29, 0.717) is 0 Å². The van der Waals surface area contributed by atoms with Gasteiger partial charge in [-0.3, -0.25) is 9.59 Å². The summed E-state index contributed by atoms with van der Waals surface area (Å²) in [5, 5.41) is 0. The zero-order valence-electron chi connectivity index (χ0n) is 7.06. The van der Waals surface area contributed by atoms with Crippen LogP contribution in [-0.2, 0) is 19.1 Å². The quantitative estimate of drug-likeness (QED) is 0.362. The molecule has 0 rings (SSSR count). The summed E-state index contributed by atoms with van der Waals surface area (Å²) in [7, 11) is 0. The average Bonchev–Trinajstić information content (AvgIpc) is 2.16. The maximum Gasteiger partial charge on any atom is 0.315 e. The molecule has 76 valence electrons. The van der Waals surface area contributed by atoms with Gasteiger partial charge in [-0.05, 0) is 0 Å². The number of ether oxygens (including phenoxy) is 2. The molecule has 0 saturated carbocycles. The molecule has 0 saturated heterocycles. The van der Waals surface area contributed by atoms with E-state index in [2.05, 4.69) is 30.0 Å². The number of carbonyl (C=O) groups excluding carboxylic acids is 2. The van der Waals surface area contributed by atoms with Crippen LogP contribution in [0.15, 0.2) is 0 Å². The molecular weight excluding hydrogens is 212 g/mol. The van der Waals surface area contributed by atoms with Crippen molar-refractivity contribution in [3.63, 3.8) is 0 Å². The van der Waals surface area contributed by atoms with E-state index in [1.165, 1.54) is 0 Å². The fourth-order valence-electron chi connectivity index (χ4n) is 0.492. The van der Waals surface area contributed by atoms with Crippen molar-refractivity contribution in [2.24, 2.45) is 0 Å². The molecule has 0 atom stereocenters. The molecule has 0 bridgehead atoms. The third kappa shape index (κ3) is 8.14. The lowest BCUT2D eigenvalue weighted by molar-refractivity contribution is -0.142. The zero-order valence-corrected chi connectivity index (χ0v) is 8.85. The van der Waals surface area contributed by atoms with Gasteiger partial charge in [0.05, 0.1) is 18.1 Å². The molecule has 0 aliphatic carbocycles. The van der Waals surface area contributed by atoms with E-state index < -0.39 is 5.97 Å². The van der Waals surface area contributed by atoms with Gasteiger partial charge >= 0.3 is 5.97 Å². The Kier molecular flexibility index (Phi) is 8.27. The van der Waals surface area contributed by atoms with Crippen molar-refractivity contribution in [2.45, 2.75) is 0 Å². The van der Waals surface area contributed by atoms with Gasteiger partial charge in [-0.2, -0.15) is 25.3 Å². The van der Waals surface area contributed by atoms with Crippen LogP contribution in [-0.4, -0.2) is 43.1 Å². The molecule has 13 heavy (non-hydrogen) atoms. The fraction of sp³-hybridized carbons (Fsp3) is 0.714. The van der Waals surface area contributed by atoms with Gasteiger partial charge in [0.25, 0.3) is 0 Å². The highest BCUT2D eigenvalue weighted by Crippen LogP contribution is 1.85. The van der Waals surface area contributed by atoms with E-state index in [0.717, 1.165) is 0 Å². The number of ketones is 1. The second-order valence-corrected chi connectivity index (χ2v) is 2.76. The Morgan fingerprint density at radius 3 is 2.31 bits per heavy atom. The Morgan fingerprint density at radius 1 is 1.08 bits per heavy atom. The van der Waals surface area contributed by atoms with Gasteiger partial charge in [-0.1, -0.05) is 0 Å². The smallest absolute Gasteiger partial charge is 0.315 e. The number of carbonyl (C=O) groups is 2. The maximum atomic E-state index is 10.6. The molecule has 4 nitrogen and oxygen atoms in total. The molecule has 0 aromatic carbocycles. The van der Waals surface area contributed by atoms with E-state index in [1.807, 2.05) is 0 Å². The molecule has 0 amide bonds. The van der Waals surface area contributed by atoms with Crippen LogP contribution >= 0.6 is 25.3 Å². The van der Waals surface area contributed by atoms with Crippen LogP contribution < -0.4 is 0 Å². The molecule has 0 radical (unpaired) electrons. The minimum Gasteiger partial charge on any atom is -0.463 e. The minimum atomic E-state index is -0.396. The molecular formula is C7H12O4S2. The predicted molar refractivity (Wildman–Crippen MR) is 54.5 cm³/mol. The van der Waals surface area contributed by atoms with Gasteiger partial charge < -0.3 is 9.47 Å². The van der Waals surface area contributed by atoms with Gasteiger partial charge in [0, 0.05) is 0 Å². The summed E-state index contributed by atoms with van der Waals surface area (Å²) in [6, 6.07) is 0. The van der Waals surface area contributed by atoms with Crippen molar-refractivity contribution in [1.29, 1.82) is 0 Å². The first-order valence-corrected chi connectivity index (χ1v) is 4.94. The average molecular weight is 224 g/mol. The highest BCUT2D eigenvalue weighted by molar-refractivity contribution is 7.81. The molecule has 0 aliphatic heterocycles. The zero-order chi connectivity index (χ0) is 10.1. The van der Waals surface area contributed by atoms with E-state index in [1.54, 1.807) is 0 Å². The maximum absolute atomic E-state index is 10.6. The largest absolute Gasteiger partial charge is 0.463 e. The molecule has 0 N–H and O–H groups in total. The predicted octanol–water partition coefficient (Wildman–Crippen LogP) is -0.0251. The summed E-state index contributed by atoms with van der Waals surface area (Å²) < 4.78 is 9.52. The van der Waals surface area contributed by atoms with Crippen molar-refractivity contribution in [2.75, 3.05) is 31.3 Å². The van der Waals surface area contributed by atoms with Gasteiger partial charge in [-0.15, -0.1) is 0 Å². The first kappa shape index (κ1) is 12.8. The van der Waals surface area contributed by atoms with E-state index in [9.17, 15) is 9.59 Å². The van der Waals surface area contributed by atoms with Crippen LogP contribution in [0.5, 0.6) is 0 Å². The van der Waals surface area contributed by atoms with Crippen LogP contribution in [0.3, 0.4) is 0 Å². The molecule has 0 aromatic heterocycles. The molecule has 0 aromatic rings. The summed E-state index contributed by atoms with van der Waals surface area (Å²) in [5.74, 6) is -0.275. The number of esters is 1. The van der Waals surface area contributed by atoms with Crippen molar-refractivity contribution >= 4 is 37.0 Å². The number of rotatable bonds is 7. The second-order valence-electron chi connectivity index (χ2n) is 2.13. The highest BCUT2D eigenvalue weighted by atomic mass is 32.1. The Balaban J connectivity index is 3.17. The Labute approximate surface area is 87.8 Å². The summed E-state index contributed by atoms with van der Waals surface area (Å²) >= 11 is 7.47. The highest BCUT2D eigenvalue weighted by Gasteiger charge is 2.00. The van der Waals surface area contributed by atoms with E-state index in [4.69, 9.17) is 4.74 Å². The number of thiol groups is 2. The third-order valence-corrected chi connectivity index (χ3v) is 1.67. The van der Waals surface area contributed by atoms with Crippen molar-refractivity contribution in [3.05, 3.63) is 0 Å². The van der Waals surface area contributed by atoms with Gasteiger partial charge in [-0.25, -0.2) is 0 Å². The van der Waals surface area contributed by atoms with E-state index >= 15 is 0 Å². The van der Waals surface area contributed by atoms with E-state index in [-0.39, 0.29) is 37.1 Å². The van der Waals surface area contributed by atoms with Gasteiger partial charge in [0.1, 0.15) is 13.2 Å². The first-order valence-electron chi connectivity index (χ1n) is 3.67. The molecule has 0 spiro atoms. The van der Waals surface area contributed by atoms with Crippen LogP contribution in [0.2, 0.25) is 0 Å². The van der Waals surface area contributed by atoms with Crippen molar-refractivity contribution < 1.29 is 19.1 Å². The molecule has 0 fully saturated rings. The van der Waals surface area contributed by atoms with Gasteiger partial charge in [0.15, 0.2) is 5.78 Å².